The number of rotatable bonds is 3. The molecule has 7 heteroatoms. The van der Waals surface area contributed by atoms with Crippen LogP contribution in [0, 0.1) is 5.82 Å². The number of benzene rings is 1. The number of nitrogens with zero attached hydrogens (tertiary/aromatic N) is 1. The lowest BCUT2D eigenvalue weighted by Gasteiger charge is -2.09. The lowest BCUT2D eigenvalue weighted by atomic mass is 10.1. The van der Waals surface area contributed by atoms with E-state index in [0.717, 1.165) is 0 Å². The van der Waals surface area contributed by atoms with Gasteiger partial charge >= 0.3 is 12.1 Å². The Balaban J connectivity index is 3.15. The van der Waals surface area contributed by atoms with E-state index in [-0.39, 0.29) is 11.3 Å². The van der Waals surface area contributed by atoms with Crippen molar-refractivity contribution < 1.29 is 27.5 Å². The summed E-state index contributed by atoms with van der Waals surface area (Å²) >= 11 is 0. The standard InChI is InChI=1S/C11H9F4NO2/c1-6(16-5-10(17)18)8-4-7(11(13,14)15)2-3-9(8)12/h2-4H,5H2,1H3,(H,17,18). The van der Waals surface area contributed by atoms with E-state index in [9.17, 15) is 22.4 Å². The van der Waals surface area contributed by atoms with Gasteiger partial charge in [-0.3, -0.25) is 9.79 Å². The first-order valence-electron chi connectivity index (χ1n) is 4.82. The minimum atomic E-state index is -4.59. The molecule has 1 rings (SSSR count). The monoisotopic (exact) mass is 263 g/mol. The summed E-state index contributed by atoms with van der Waals surface area (Å²) in [5.41, 5.74) is -1.46. The number of hydrogen-bond donors (Lipinski definition) is 1. The molecule has 1 N–H and O–H groups in total. The number of carboxylic acids is 1. The maximum atomic E-state index is 13.3. The zero-order chi connectivity index (χ0) is 13.9. The minimum absolute atomic E-state index is 0.0963. The smallest absolute Gasteiger partial charge is 0.416 e. The van der Waals surface area contributed by atoms with E-state index in [1.807, 2.05) is 0 Å². The van der Waals surface area contributed by atoms with Gasteiger partial charge in [0.05, 0.1) is 5.56 Å². The van der Waals surface area contributed by atoms with Crippen LogP contribution in [0.15, 0.2) is 23.2 Å². The van der Waals surface area contributed by atoms with Gasteiger partial charge in [-0.05, 0) is 25.1 Å². The van der Waals surface area contributed by atoms with Crippen LogP contribution in [0.25, 0.3) is 0 Å². The molecule has 0 heterocycles. The van der Waals surface area contributed by atoms with Crippen LogP contribution >= 0.6 is 0 Å². The van der Waals surface area contributed by atoms with Gasteiger partial charge < -0.3 is 5.11 Å². The molecule has 0 aliphatic rings. The van der Waals surface area contributed by atoms with Gasteiger partial charge in [-0.2, -0.15) is 13.2 Å². The third kappa shape index (κ3) is 3.54. The van der Waals surface area contributed by atoms with Crippen LogP contribution in [0.4, 0.5) is 17.6 Å². The highest BCUT2D eigenvalue weighted by atomic mass is 19.4. The van der Waals surface area contributed by atoms with Crippen molar-refractivity contribution in [3.8, 4) is 0 Å². The predicted octanol–water partition coefficient (Wildman–Crippen LogP) is 2.74. The quantitative estimate of drug-likeness (QED) is 0.673. The highest BCUT2D eigenvalue weighted by Gasteiger charge is 2.31. The molecule has 0 amide bonds. The number of hydrogen-bond acceptors (Lipinski definition) is 2. The van der Waals surface area contributed by atoms with E-state index in [0.29, 0.717) is 18.2 Å². The predicted molar refractivity (Wildman–Crippen MR) is 56.1 cm³/mol. The van der Waals surface area contributed by atoms with Crippen LogP contribution in [0.5, 0.6) is 0 Å². The van der Waals surface area contributed by atoms with Crippen molar-refractivity contribution in [1.82, 2.24) is 0 Å². The summed E-state index contributed by atoms with van der Waals surface area (Å²) in [4.78, 5) is 13.8. The molecule has 0 bridgehead atoms. The van der Waals surface area contributed by atoms with Crippen LogP contribution in [-0.4, -0.2) is 23.3 Å². The molecule has 98 valence electrons. The molecule has 1 aromatic rings. The van der Waals surface area contributed by atoms with E-state index < -0.39 is 30.1 Å². The Morgan fingerprint density at radius 1 is 1.39 bits per heavy atom. The van der Waals surface area contributed by atoms with Gasteiger partial charge in [-0.25, -0.2) is 4.39 Å². The molecule has 18 heavy (non-hydrogen) atoms. The van der Waals surface area contributed by atoms with Gasteiger partial charge in [0.2, 0.25) is 0 Å². The van der Waals surface area contributed by atoms with Crippen molar-refractivity contribution >= 4 is 11.7 Å². The molecule has 0 saturated carbocycles. The normalized spacial score (nSPS) is 12.6. The largest absolute Gasteiger partial charge is 0.480 e. The zero-order valence-electron chi connectivity index (χ0n) is 9.25. The average molecular weight is 263 g/mol. The topological polar surface area (TPSA) is 49.7 Å². The van der Waals surface area contributed by atoms with Crippen molar-refractivity contribution in [3.05, 3.63) is 35.1 Å². The summed E-state index contributed by atoms with van der Waals surface area (Å²) in [7, 11) is 0. The summed E-state index contributed by atoms with van der Waals surface area (Å²) in [5, 5.41) is 8.38. The van der Waals surface area contributed by atoms with Crippen molar-refractivity contribution in [2.75, 3.05) is 6.54 Å². The van der Waals surface area contributed by atoms with Crippen LogP contribution < -0.4 is 0 Å². The molecule has 0 radical (unpaired) electrons. The molecule has 0 aliphatic heterocycles. The summed E-state index contributed by atoms with van der Waals surface area (Å²) in [5.74, 6) is -2.13. The maximum Gasteiger partial charge on any atom is 0.416 e. The Kier molecular flexibility index (Phi) is 4.05. The summed E-state index contributed by atoms with van der Waals surface area (Å²) in [6.07, 6.45) is -4.59. The Hall–Kier alpha value is -1.92. The van der Waals surface area contributed by atoms with E-state index >= 15 is 0 Å². The second kappa shape index (κ2) is 5.16. The molecule has 0 aromatic heterocycles. The van der Waals surface area contributed by atoms with Crippen LogP contribution in [0.2, 0.25) is 0 Å². The SMILES string of the molecule is CC(=NCC(=O)O)c1cc(C(F)(F)F)ccc1F. The van der Waals surface area contributed by atoms with E-state index in [1.54, 1.807) is 0 Å². The first-order valence-corrected chi connectivity index (χ1v) is 4.82. The second-order valence-corrected chi connectivity index (χ2v) is 3.49. The Bertz CT molecular complexity index is 494. The van der Waals surface area contributed by atoms with Crippen molar-refractivity contribution in [1.29, 1.82) is 0 Å². The van der Waals surface area contributed by atoms with Gasteiger partial charge in [-0.1, -0.05) is 0 Å². The second-order valence-electron chi connectivity index (χ2n) is 3.49. The van der Waals surface area contributed by atoms with Gasteiger partial charge in [-0.15, -0.1) is 0 Å². The molecule has 0 atom stereocenters. The molecular weight excluding hydrogens is 254 g/mol. The fourth-order valence-electron chi connectivity index (χ4n) is 1.25. The lowest BCUT2D eigenvalue weighted by molar-refractivity contribution is -0.138. The number of aliphatic imine (C=N–C) groups is 1. The number of alkyl halides is 3. The Morgan fingerprint density at radius 2 is 2.00 bits per heavy atom. The van der Waals surface area contributed by atoms with Crippen LogP contribution in [-0.2, 0) is 11.0 Å². The zero-order valence-corrected chi connectivity index (χ0v) is 9.25. The number of carboxylic acid groups (broad SMARTS) is 1. The number of aliphatic carboxylic acids is 1. The van der Waals surface area contributed by atoms with E-state index in [1.165, 1.54) is 6.92 Å². The van der Waals surface area contributed by atoms with Crippen LogP contribution in [0.3, 0.4) is 0 Å². The maximum absolute atomic E-state index is 13.3. The van der Waals surface area contributed by atoms with Crippen LogP contribution in [0.1, 0.15) is 18.1 Å². The average Bonchev–Trinajstić information content (AvgIpc) is 2.24. The molecule has 3 nitrogen and oxygen atoms in total. The third-order valence-corrected chi connectivity index (χ3v) is 2.13. The molecule has 1 aromatic carbocycles. The molecule has 0 aliphatic carbocycles. The lowest BCUT2D eigenvalue weighted by Crippen LogP contribution is -2.10. The Labute approximate surface area is 99.8 Å². The van der Waals surface area contributed by atoms with Gasteiger partial charge in [0.25, 0.3) is 0 Å². The summed E-state index contributed by atoms with van der Waals surface area (Å²) < 4.78 is 50.6. The first-order chi connectivity index (χ1) is 8.21. The molecule has 0 fully saturated rings. The molecule has 0 spiro atoms. The third-order valence-electron chi connectivity index (χ3n) is 2.13. The van der Waals surface area contributed by atoms with Gasteiger partial charge in [0, 0.05) is 11.3 Å². The fraction of sp³-hybridized carbons (Fsp3) is 0.273. The number of halogens is 4. The number of carbonyl (C=O) groups is 1. The van der Waals surface area contributed by atoms with Gasteiger partial charge in [0.15, 0.2) is 0 Å². The first kappa shape index (κ1) is 14.1. The van der Waals surface area contributed by atoms with Gasteiger partial charge in [0.1, 0.15) is 12.4 Å². The minimum Gasteiger partial charge on any atom is -0.480 e. The summed E-state index contributed by atoms with van der Waals surface area (Å²) in [6.45, 7) is 0.628. The highest BCUT2D eigenvalue weighted by Crippen LogP contribution is 2.30. The van der Waals surface area contributed by atoms with E-state index in [4.69, 9.17) is 5.11 Å². The van der Waals surface area contributed by atoms with E-state index in [2.05, 4.69) is 4.99 Å². The molecule has 0 unspecified atom stereocenters. The molecular formula is C11H9F4NO2. The van der Waals surface area contributed by atoms with Crippen molar-refractivity contribution in [3.63, 3.8) is 0 Å². The van der Waals surface area contributed by atoms with Crippen molar-refractivity contribution in [2.24, 2.45) is 4.99 Å². The highest BCUT2D eigenvalue weighted by molar-refractivity contribution is 5.99. The summed E-state index contributed by atoms with van der Waals surface area (Å²) in [6, 6.07) is 1.90. The Morgan fingerprint density at radius 3 is 2.50 bits per heavy atom. The van der Waals surface area contributed by atoms with Crippen molar-refractivity contribution in [2.45, 2.75) is 13.1 Å². The molecule has 0 saturated heterocycles. The fourth-order valence-corrected chi connectivity index (χ4v) is 1.25.